The maximum Gasteiger partial charge on any atom is 0.141 e. The molecule has 2 aliphatic rings. The number of aryl methyl sites for hydroxylation is 3. The minimum absolute atomic E-state index is 0.285. The zero-order chi connectivity index (χ0) is 15.8. The Morgan fingerprint density at radius 3 is 3.09 bits per heavy atom. The molecule has 0 bridgehead atoms. The fourth-order valence-corrected chi connectivity index (χ4v) is 5.03. The van der Waals surface area contributed by atoms with Gasteiger partial charge in [0.15, 0.2) is 0 Å². The van der Waals surface area contributed by atoms with Crippen LogP contribution in [-0.4, -0.2) is 35.8 Å². The van der Waals surface area contributed by atoms with Gasteiger partial charge in [-0.05, 0) is 44.6 Å². The van der Waals surface area contributed by atoms with Crippen molar-refractivity contribution in [2.24, 2.45) is 0 Å². The minimum Gasteiger partial charge on any atom is -0.372 e. The monoisotopic (exact) mass is 329 g/mol. The minimum atomic E-state index is 0.285. The maximum atomic E-state index is 5.84. The Bertz CT molecular complexity index is 739. The van der Waals surface area contributed by atoms with E-state index in [9.17, 15) is 0 Å². The zero-order valence-corrected chi connectivity index (χ0v) is 14.5. The van der Waals surface area contributed by atoms with Crippen molar-refractivity contribution in [1.29, 1.82) is 0 Å². The van der Waals surface area contributed by atoms with Crippen LogP contribution in [0.15, 0.2) is 12.7 Å². The number of aromatic nitrogens is 2. The number of ether oxygens (including phenoxy) is 1. The third-order valence-corrected chi connectivity index (χ3v) is 5.99. The highest BCUT2D eigenvalue weighted by molar-refractivity contribution is 7.19. The molecule has 3 heterocycles. The molecule has 122 valence electrons. The van der Waals surface area contributed by atoms with Gasteiger partial charge < -0.3 is 9.64 Å². The summed E-state index contributed by atoms with van der Waals surface area (Å²) >= 11 is 1.88. The molecule has 2 aromatic rings. The molecule has 0 aromatic carbocycles. The van der Waals surface area contributed by atoms with Crippen molar-refractivity contribution in [2.75, 3.05) is 24.6 Å². The highest BCUT2D eigenvalue weighted by atomic mass is 32.1. The first-order valence-corrected chi connectivity index (χ1v) is 9.34. The van der Waals surface area contributed by atoms with E-state index in [1.165, 1.54) is 46.3 Å². The van der Waals surface area contributed by atoms with E-state index in [2.05, 4.69) is 11.5 Å². The lowest BCUT2D eigenvalue weighted by Crippen LogP contribution is -2.24. The molecule has 1 atom stereocenters. The van der Waals surface area contributed by atoms with E-state index >= 15 is 0 Å². The lowest BCUT2D eigenvalue weighted by atomic mass is 9.97. The van der Waals surface area contributed by atoms with E-state index < -0.39 is 0 Å². The standard InChI is InChI=1S/C18H23N3OS/c1-3-10-22-13-8-9-21(11-13)17-16-14-6-4-5-7-15(14)23-18(16)20-12(2)19-17/h3,13H,1,4-11H2,2H3. The van der Waals surface area contributed by atoms with E-state index in [-0.39, 0.29) is 6.10 Å². The molecular weight excluding hydrogens is 306 g/mol. The quantitative estimate of drug-likeness (QED) is 0.803. The van der Waals surface area contributed by atoms with Crippen molar-refractivity contribution in [1.82, 2.24) is 9.97 Å². The predicted octanol–water partition coefficient (Wildman–Crippen LogP) is 3.66. The highest BCUT2D eigenvalue weighted by Gasteiger charge is 2.28. The normalized spacial score (nSPS) is 20.9. The van der Waals surface area contributed by atoms with Crippen molar-refractivity contribution in [3.8, 4) is 0 Å². The first kappa shape index (κ1) is 15.1. The van der Waals surface area contributed by atoms with Crippen LogP contribution in [0.25, 0.3) is 10.2 Å². The summed E-state index contributed by atoms with van der Waals surface area (Å²) in [6.07, 6.45) is 8.15. The molecule has 5 heteroatoms. The Labute approximate surface area is 141 Å². The number of hydrogen-bond donors (Lipinski definition) is 0. The fourth-order valence-electron chi connectivity index (χ4n) is 3.73. The Balaban J connectivity index is 1.72. The highest BCUT2D eigenvalue weighted by Crippen LogP contribution is 2.40. The molecule has 1 unspecified atom stereocenters. The van der Waals surface area contributed by atoms with E-state index in [1.54, 1.807) is 0 Å². The number of nitrogens with zero attached hydrogens (tertiary/aromatic N) is 3. The third kappa shape index (κ3) is 2.76. The molecule has 23 heavy (non-hydrogen) atoms. The second kappa shape index (κ2) is 6.21. The van der Waals surface area contributed by atoms with Gasteiger partial charge in [0.25, 0.3) is 0 Å². The van der Waals surface area contributed by atoms with Crippen LogP contribution >= 0.6 is 11.3 Å². The molecular formula is C18H23N3OS. The predicted molar refractivity (Wildman–Crippen MR) is 95.6 cm³/mol. The van der Waals surface area contributed by atoms with E-state index in [0.717, 1.165) is 31.2 Å². The topological polar surface area (TPSA) is 38.2 Å². The van der Waals surface area contributed by atoms with Gasteiger partial charge in [-0.3, -0.25) is 0 Å². The molecule has 0 saturated carbocycles. The Morgan fingerprint density at radius 1 is 1.35 bits per heavy atom. The van der Waals surface area contributed by atoms with Gasteiger partial charge >= 0.3 is 0 Å². The van der Waals surface area contributed by atoms with Crippen molar-refractivity contribution in [2.45, 2.75) is 45.1 Å². The number of thiophene rings is 1. The van der Waals surface area contributed by atoms with Gasteiger partial charge in [-0.1, -0.05) is 6.08 Å². The first-order valence-electron chi connectivity index (χ1n) is 8.52. The molecule has 1 aliphatic carbocycles. The van der Waals surface area contributed by atoms with E-state index in [0.29, 0.717) is 6.61 Å². The molecule has 0 spiro atoms. The molecule has 2 aromatic heterocycles. The summed E-state index contributed by atoms with van der Waals surface area (Å²) in [7, 11) is 0. The summed E-state index contributed by atoms with van der Waals surface area (Å²) in [5.41, 5.74) is 1.52. The van der Waals surface area contributed by atoms with Crippen LogP contribution in [-0.2, 0) is 17.6 Å². The lowest BCUT2D eigenvalue weighted by Gasteiger charge is -2.20. The second-order valence-electron chi connectivity index (χ2n) is 6.46. The number of fused-ring (bicyclic) bond motifs is 3. The van der Waals surface area contributed by atoms with Crippen molar-refractivity contribution < 1.29 is 4.74 Å². The molecule has 0 amide bonds. The van der Waals surface area contributed by atoms with Gasteiger partial charge in [-0.25, -0.2) is 9.97 Å². The van der Waals surface area contributed by atoms with E-state index in [1.807, 2.05) is 24.3 Å². The summed E-state index contributed by atoms with van der Waals surface area (Å²) in [6, 6.07) is 0. The van der Waals surface area contributed by atoms with E-state index in [4.69, 9.17) is 14.7 Å². The van der Waals surface area contributed by atoms with Crippen LogP contribution in [0.3, 0.4) is 0 Å². The number of hydrogen-bond acceptors (Lipinski definition) is 5. The van der Waals surface area contributed by atoms with Crippen LogP contribution in [0.2, 0.25) is 0 Å². The molecule has 1 fully saturated rings. The largest absolute Gasteiger partial charge is 0.372 e. The number of rotatable bonds is 4. The van der Waals surface area contributed by atoms with Gasteiger partial charge in [0.2, 0.25) is 0 Å². The Hall–Kier alpha value is -1.46. The maximum absolute atomic E-state index is 5.84. The van der Waals surface area contributed by atoms with Crippen molar-refractivity contribution in [3.05, 3.63) is 28.9 Å². The lowest BCUT2D eigenvalue weighted by molar-refractivity contribution is 0.0909. The molecule has 0 N–H and O–H groups in total. The summed E-state index contributed by atoms with van der Waals surface area (Å²) in [5, 5.41) is 1.32. The average Bonchev–Trinajstić information content (AvgIpc) is 3.16. The molecule has 1 aliphatic heterocycles. The summed E-state index contributed by atoms with van der Waals surface area (Å²) < 4.78 is 5.84. The first-order chi connectivity index (χ1) is 11.3. The molecule has 4 nitrogen and oxygen atoms in total. The SMILES string of the molecule is C=CCOC1CCN(c2nc(C)nc3sc4c(c23)CCCC4)C1. The summed E-state index contributed by atoms with van der Waals surface area (Å²) in [6.45, 7) is 8.30. The van der Waals surface area contributed by atoms with Gasteiger partial charge in [0, 0.05) is 18.0 Å². The third-order valence-electron chi connectivity index (χ3n) is 4.80. The fraction of sp³-hybridized carbons (Fsp3) is 0.556. The Kier molecular flexibility index (Phi) is 4.07. The summed E-state index contributed by atoms with van der Waals surface area (Å²) in [5.74, 6) is 2.01. The Morgan fingerprint density at radius 2 is 2.22 bits per heavy atom. The van der Waals surface area contributed by atoms with Crippen molar-refractivity contribution in [3.63, 3.8) is 0 Å². The molecule has 4 rings (SSSR count). The average molecular weight is 329 g/mol. The van der Waals surface area contributed by atoms with Gasteiger partial charge in [-0.2, -0.15) is 0 Å². The second-order valence-corrected chi connectivity index (χ2v) is 7.55. The van der Waals surface area contributed by atoms with Crippen LogP contribution in [0, 0.1) is 6.92 Å². The summed E-state index contributed by atoms with van der Waals surface area (Å²) in [4.78, 5) is 14.6. The number of anilines is 1. The van der Waals surface area contributed by atoms with Crippen LogP contribution in [0.1, 0.15) is 35.5 Å². The van der Waals surface area contributed by atoms with Crippen LogP contribution in [0.4, 0.5) is 5.82 Å². The smallest absolute Gasteiger partial charge is 0.141 e. The van der Waals surface area contributed by atoms with Gasteiger partial charge in [0.05, 0.1) is 18.1 Å². The molecule has 0 radical (unpaired) electrons. The molecule has 1 saturated heterocycles. The van der Waals surface area contributed by atoms with Crippen LogP contribution in [0.5, 0.6) is 0 Å². The zero-order valence-electron chi connectivity index (χ0n) is 13.7. The van der Waals surface area contributed by atoms with Gasteiger partial charge in [-0.15, -0.1) is 17.9 Å². The van der Waals surface area contributed by atoms with Crippen molar-refractivity contribution >= 4 is 27.4 Å². The van der Waals surface area contributed by atoms with Gasteiger partial charge in [0.1, 0.15) is 16.5 Å². The van der Waals surface area contributed by atoms with Crippen LogP contribution < -0.4 is 4.90 Å².